The normalized spacial score (nSPS) is 20.2. The largest absolute Gasteiger partial charge is 0.343 e. The molecular weight excluding hydrogens is 250 g/mol. The van der Waals surface area contributed by atoms with Crippen molar-refractivity contribution in [2.75, 3.05) is 25.6 Å². The molecule has 1 aliphatic rings. The third-order valence-corrected chi connectivity index (χ3v) is 4.30. The predicted octanol–water partition coefficient (Wildman–Crippen LogP) is 0.481. The molecular formula is C11H19N5OS. The average Bonchev–Trinajstić information content (AvgIpc) is 2.78. The zero-order valence-electron chi connectivity index (χ0n) is 10.9. The lowest BCUT2D eigenvalue weighted by Gasteiger charge is -2.44. The van der Waals surface area contributed by atoms with Gasteiger partial charge in [-0.3, -0.25) is 15.1 Å². The number of thiazole rings is 1. The van der Waals surface area contributed by atoms with Gasteiger partial charge in [0.2, 0.25) is 5.91 Å². The topological polar surface area (TPSA) is 74.5 Å². The molecule has 1 aromatic heterocycles. The number of amides is 1. The number of hydrazine groups is 1. The molecule has 0 spiro atoms. The minimum atomic E-state index is -0.465. The highest BCUT2D eigenvalue weighted by atomic mass is 32.1. The van der Waals surface area contributed by atoms with Crippen molar-refractivity contribution in [1.82, 2.24) is 14.8 Å². The first-order valence-electron chi connectivity index (χ1n) is 5.87. The van der Waals surface area contributed by atoms with E-state index in [1.165, 1.54) is 11.3 Å². The predicted molar refractivity (Wildman–Crippen MR) is 72.1 cm³/mol. The Bertz CT molecular complexity index is 444. The Morgan fingerprint density at radius 3 is 2.89 bits per heavy atom. The first-order valence-corrected chi connectivity index (χ1v) is 6.68. The molecule has 1 aromatic rings. The van der Waals surface area contributed by atoms with Gasteiger partial charge in [-0.2, -0.15) is 0 Å². The smallest absolute Gasteiger partial charge is 0.242 e. The van der Waals surface area contributed by atoms with Crippen LogP contribution in [0.4, 0.5) is 5.13 Å². The van der Waals surface area contributed by atoms with Crippen molar-refractivity contribution in [3.8, 4) is 0 Å². The Labute approximate surface area is 111 Å². The van der Waals surface area contributed by atoms with Crippen LogP contribution in [0.15, 0.2) is 6.20 Å². The molecule has 1 saturated heterocycles. The summed E-state index contributed by atoms with van der Waals surface area (Å²) in [6.07, 6.45) is 1.80. The summed E-state index contributed by atoms with van der Waals surface area (Å²) < 4.78 is 0. The van der Waals surface area contributed by atoms with Crippen molar-refractivity contribution in [1.29, 1.82) is 0 Å². The van der Waals surface area contributed by atoms with E-state index in [4.69, 9.17) is 5.84 Å². The van der Waals surface area contributed by atoms with Gasteiger partial charge in [-0.25, -0.2) is 10.8 Å². The molecule has 1 amide bonds. The number of hydrogen-bond acceptors (Lipinski definition) is 6. The van der Waals surface area contributed by atoms with Crippen LogP contribution in [0, 0.1) is 0 Å². The summed E-state index contributed by atoms with van der Waals surface area (Å²) in [6, 6.07) is 0. The van der Waals surface area contributed by atoms with Crippen LogP contribution in [0.25, 0.3) is 0 Å². The third kappa shape index (κ3) is 2.33. The molecule has 1 fully saturated rings. The molecule has 3 N–H and O–H groups in total. The highest BCUT2D eigenvalue weighted by molar-refractivity contribution is 7.15. The Hall–Kier alpha value is -1.18. The summed E-state index contributed by atoms with van der Waals surface area (Å²) in [7, 11) is 1.85. The van der Waals surface area contributed by atoms with Gasteiger partial charge in [-0.15, -0.1) is 0 Å². The average molecular weight is 269 g/mol. The van der Waals surface area contributed by atoms with Crippen LogP contribution in [0.5, 0.6) is 0 Å². The SMILES string of the molecule is CN1CCN(Cc2cnc(NN)s2)C(C)(C)C1=O. The van der Waals surface area contributed by atoms with Crippen LogP contribution in [0.1, 0.15) is 18.7 Å². The highest BCUT2D eigenvalue weighted by Gasteiger charge is 2.40. The van der Waals surface area contributed by atoms with E-state index in [0.29, 0.717) is 5.13 Å². The van der Waals surface area contributed by atoms with Gasteiger partial charge in [0, 0.05) is 37.8 Å². The Morgan fingerprint density at radius 1 is 1.56 bits per heavy atom. The number of likely N-dealkylation sites (N-methyl/N-ethyl adjacent to an activating group) is 1. The van der Waals surface area contributed by atoms with Crippen molar-refractivity contribution >= 4 is 22.4 Å². The van der Waals surface area contributed by atoms with Crippen molar-refractivity contribution in [3.05, 3.63) is 11.1 Å². The zero-order chi connectivity index (χ0) is 13.3. The molecule has 18 heavy (non-hydrogen) atoms. The first kappa shape index (κ1) is 13.3. The molecule has 6 nitrogen and oxygen atoms in total. The fraction of sp³-hybridized carbons (Fsp3) is 0.636. The van der Waals surface area contributed by atoms with Crippen molar-refractivity contribution in [2.45, 2.75) is 25.9 Å². The summed E-state index contributed by atoms with van der Waals surface area (Å²) in [5, 5.41) is 0.697. The van der Waals surface area contributed by atoms with E-state index in [2.05, 4.69) is 15.3 Å². The number of carbonyl (C=O) groups excluding carboxylic acids is 1. The summed E-state index contributed by atoms with van der Waals surface area (Å²) in [5.74, 6) is 5.48. The van der Waals surface area contributed by atoms with Crippen LogP contribution in [0.2, 0.25) is 0 Å². The number of nitrogen functional groups attached to an aromatic ring is 1. The Balaban J connectivity index is 2.11. The molecule has 2 rings (SSSR count). The van der Waals surface area contributed by atoms with Gasteiger partial charge in [0.1, 0.15) is 0 Å². The summed E-state index contributed by atoms with van der Waals surface area (Å²) in [5.41, 5.74) is 2.07. The molecule has 0 unspecified atom stereocenters. The van der Waals surface area contributed by atoms with Gasteiger partial charge in [0.25, 0.3) is 0 Å². The first-order chi connectivity index (χ1) is 8.45. The lowest BCUT2D eigenvalue weighted by atomic mass is 9.98. The van der Waals surface area contributed by atoms with Crippen molar-refractivity contribution < 1.29 is 4.79 Å². The van der Waals surface area contributed by atoms with Gasteiger partial charge in [0.15, 0.2) is 5.13 Å². The van der Waals surface area contributed by atoms with E-state index in [9.17, 15) is 4.79 Å². The van der Waals surface area contributed by atoms with E-state index in [0.717, 1.165) is 24.5 Å². The van der Waals surface area contributed by atoms with E-state index in [1.807, 2.05) is 20.9 Å². The van der Waals surface area contributed by atoms with Gasteiger partial charge >= 0.3 is 0 Å². The van der Waals surface area contributed by atoms with Crippen LogP contribution in [-0.2, 0) is 11.3 Å². The minimum Gasteiger partial charge on any atom is -0.343 e. The maximum Gasteiger partial charge on any atom is 0.242 e. The number of nitrogens with one attached hydrogen (secondary N) is 1. The van der Waals surface area contributed by atoms with Crippen LogP contribution in [-0.4, -0.2) is 46.4 Å². The minimum absolute atomic E-state index is 0.162. The van der Waals surface area contributed by atoms with Gasteiger partial charge in [0.05, 0.1) is 5.54 Å². The number of hydrogen-bond donors (Lipinski definition) is 2. The second kappa shape index (κ2) is 4.83. The van der Waals surface area contributed by atoms with E-state index < -0.39 is 5.54 Å². The fourth-order valence-corrected chi connectivity index (χ4v) is 2.90. The molecule has 100 valence electrons. The molecule has 1 aliphatic heterocycles. The van der Waals surface area contributed by atoms with Gasteiger partial charge < -0.3 is 4.90 Å². The number of nitrogens with two attached hydrogens (primary N) is 1. The monoisotopic (exact) mass is 269 g/mol. The quantitative estimate of drug-likeness (QED) is 0.617. The number of nitrogens with zero attached hydrogens (tertiary/aromatic N) is 3. The third-order valence-electron chi connectivity index (χ3n) is 3.39. The molecule has 0 bridgehead atoms. The summed E-state index contributed by atoms with van der Waals surface area (Å²) >= 11 is 1.52. The number of aromatic nitrogens is 1. The molecule has 0 aliphatic carbocycles. The molecule has 0 aromatic carbocycles. The Morgan fingerprint density at radius 2 is 2.28 bits per heavy atom. The molecule has 0 radical (unpaired) electrons. The lowest BCUT2D eigenvalue weighted by Crippen LogP contribution is -2.61. The summed E-state index contributed by atoms with van der Waals surface area (Å²) in [4.78, 5) is 21.4. The van der Waals surface area contributed by atoms with Crippen LogP contribution in [0.3, 0.4) is 0 Å². The van der Waals surface area contributed by atoms with Crippen LogP contribution < -0.4 is 11.3 Å². The number of rotatable bonds is 3. The highest BCUT2D eigenvalue weighted by Crippen LogP contribution is 2.26. The fourth-order valence-electron chi connectivity index (χ4n) is 2.17. The van der Waals surface area contributed by atoms with Crippen LogP contribution >= 0.6 is 11.3 Å². The number of piperazine rings is 1. The summed E-state index contributed by atoms with van der Waals surface area (Å²) in [6.45, 7) is 6.30. The Kier molecular flexibility index (Phi) is 3.56. The van der Waals surface area contributed by atoms with Gasteiger partial charge in [-0.1, -0.05) is 11.3 Å². The van der Waals surface area contributed by atoms with Crippen molar-refractivity contribution in [2.24, 2.45) is 5.84 Å². The van der Waals surface area contributed by atoms with E-state index >= 15 is 0 Å². The number of carbonyl (C=O) groups is 1. The lowest BCUT2D eigenvalue weighted by molar-refractivity contribution is -0.147. The molecule has 2 heterocycles. The molecule has 0 atom stereocenters. The van der Waals surface area contributed by atoms with Gasteiger partial charge in [-0.05, 0) is 13.8 Å². The molecule has 7 heteroatoms. The van der Waals surface area contributed by atoms with E-state index in [-0.39, 0.29) is 5.91 Å². The zero-order valence-corrected chi connectivity index (χ0v) is 11.8. The number of anilines is 1. The second-order valence-corrected chi connectivity index (χ2v) is 6.10. The standard InChI is InChI=1S/C11H19N5OS/c1-11(2)9(17)15(3)4-5-16(11)7-8-6-13-10(14-12)18-8/h6H,4-5,7,12H2,1-3H3,(H,13,14). The van der Waals surface area contributed by atoms with Crippen molar-refractivity contribution in [3.63, 3.8) is 0 Å². The maximum atomic E-state index is 12.1. The molecule has 0 saturated carbocycles. The van der Waals surface area contributed by atoms with E-state index in [1.54, 1.807) is 11.1 Å². The second-order valence-electron chi connectivity index (χ2n) is 4.98. The maximum absolute atomic E-state index is 12.1.